The molecule has 3 heteroatoms. The third-order valence-corrected chi connectivity index (χ3v) is 2.47. The SMILES string of the molecule is CCc1cc(NC)nc(C(C)CC)n1. The van der Waals surface area contributed by atoms with Gasteiger partial charge in [-0.25, -0.2) is 9.97 Å². The molecule has 0 aliphatic carbocycles. The Morgan fingerprint density at radius 3 is 2.57 bits per heavy atom. The van der Waals surface area contributed by atoms with E-state index in [0.29, 0.717) is 5.92 Å². The number of aromatic nitrogens is 2. The minimum absolute atomic E-state index is 0.439. The van der Waals surface area contributed by atoms with Crippen LogP contribution in [0.1, 0.15) is 44.6 Å². The smallest absolute Gasteiger partial charge is 0.133 e. The van der Waals surface area contributed by atoms with Crippen molar-refractivity contribution in [3.8, 4) is 0 Å². The molecule has 0 spiro atoms. The van der Waals surface area contributed by atoms with Gasteiger partial charge in [0.15, 0.2) is 0 Å². The molecule has 0 amide bonds. The van der Waals surface area contributed by atoms with Crippen molar-refractivity contribution in [3.63, 3.8) is 0 Å². The van der Waals surface area contributed by atoms with Crippen LogP contribution in [0.2, 0.25) is 0 Å². The zero-order valence-electron chi connectivity index (χ0n) is 9.46. The van der Waals surface area contributed by atoms with Gasteiger partial charge in [-0.2, -0.15) is 0 Å². The Morgan fingerprint density at radius 2 is 2.07 bits per heavy atom. The van der Waals surface area contributed by atoms with Gasteiger partial charge >= 0.3 is 0 Å². The second-order valence-corrected chi connectivity index (χ2v) is 3.52. The first kappa shape index (κ1) is 11.0. The lowest BCUT2D eigenvalue weighted by Crippen LogP contribution is -2.05. The standard InChI is InChI=1S/C11H19N3/c1-5-8(3)11-13-9(6-2)7-10(12-4)14-11/h7-8H,5-6H2,1-4H3,(H,12,13,14). The summed E-state index contributed by atoms with van der Waals surface area (Å²) < 4.78 is 0. The van der Waals surface area contributed by atoms with Crippen LogP contribution in [0.25, 0.3) is 0 Å². The predicted octanol–water partition coefficient (Wildman–Crippen LogP) is 2.59. The Bertz CT molecular complexity index is 274. The van der Waals surface area contributed by atoms with Gasteiger partial charge in [-0.1, -0.05) is 20.8 Å². The van der Waals surface area contributed by atoms with Crippen molar-refractivity contribution in [1.29, 1.82) is 0 Å². The van der Waals surface area contributed by atoms with E-state index >= 15 is 0 Å². The average molecular weight is 193 g/mol. The number of aryl methyl sites for hydroxylation is 1. The van der Waals surface area contributed by atoms with Gasteiger partial charge < -0.3 is 5.32 Å². The van der Waals surface area contributed by atoms with Crippen molar-refractivity contribution in [2.75, 3.05) is 12.4 Å². The maximum atomic E-state index is 4.52. The lowest BCUT2D eigenvalue weighted by molar-refractivity contribution is 0.672. The highest BCUT2D eigenvalue weighted by Gasteiger charge is 2.08. The third kappa shape index (κ3) is 2.44. The Balaban J connectivity index is 3.04. The van der Waals surface area contributed by atoms with E-state index in [0.717, 1.165) is 30.2 Å². The van der Waals surface area contributed by atoms with Gasteiger partial charge in [0.1, 0.15) is 11.6 Å². The lowest BCUT2D eigenvalue weighted by Gasteiger charge is -2.10. The molecular weight excluding hydrogens is 174 g/mol. The zero-order chi connectivity index (χ0) is 10.6. The lowest BCUT2D eigenvalue weighted by atomic mass is 10.1. The van der Waals surface area contributed by atoms with Crippen molar-refractivity contribution in [2.45, 2.75) is 39.5 Å². The number of hydrogen-bond donors (Lipinski definition) is 1. The van der Waals surface area contributed by atoms with Crippen LogP contribution < -0.4 is 5.32 Å². The predicted molar refractivity (Wildman–Crippen MR) is 59.7 cm³/mol. The number of nitrogens with zero attached hydrogens (tertiary/aromatic N) is 2. The normalized spacial score (nSPS) is 12.6. The van der Waals surface area contributed by atoms with Crippen LogP contribution in [-0.2, 0) is 6.42 Å². The number of anilines is 1. The van der Waals surface area contributed by atoms with Gasteiger partial charge in [-0.05, 0) is 12.8 Å². The highest BCUT2D eigenvalue weighted by molar-refractivity contribution is 5.35. The summed E-state index contributed by atoms with van der Waals surface area (Å²) in [5.41, 5.74) is 1.11. The molecule has 0 bridgehead atoms. The molecule has 1 aromatic rings. The molecule has 1 N–H and O–H groups in total. The van der Waals surface area contributed by atoms with E-state index in [4.69, 9.17) is 0 Å². The Labute approximate surface area is 86.0 Å². The Kier molecular flexibility index (Phi) is 3.86. The molecule has 78 valence electrons. The topological polar surface area (TPSA) is 37.8 Å². The first-order valence-corrected chi connectivity index (χ1v) is 5.26. The summed E-state index contributed by atoms with van der Waals surface area (Å²) >= 11 is 0. The van der Waals surface area contributed by atoms with Crippen LogP contribution >= 0.6 is 0 Å². The van der Waals surface area contributed by atoms with Gasteiger partial charge in [-0.15, -0.1) is 0 Å². The van der Waals surface area contributed by atoms with Gasteiger partial charge in [0.2, 0.25) is 0 Å². The number of rotatable bonds is 4. The summed E-state index contributed by atoms with van der Waals surface area (Å²) in [6.45, 7) is 6.43. The summed E-state index contributed by atoms with van der Waals surface area (Å²) in [5.74, 6) is 2.32. The third-order valence-electron chi connectivity index (χ3n) is 2.47. The molecular formula is C11H19N3. The summed E-state index contributed by atoms with van der Waals surface area (Å²) in [7, 11) is 1.89. The molecule has 1 atom stereocenters. The summed E-state index contributed by atoms with van der Waals surface area (Å²) in [4.78, 5) is 8.97. The monoisotopic (exact) mass is 193 g/mol. The molecule has 14 heavy (non-hydrogen) atoms. The Morgan fingerprint density at radius 1 is 1.36 bits per heavy atom. The summed E-state index contributed by atoms with van der Waals surface area (Å²) in [6.07, 6.45) is 2.04. The summed E-state index contributed by atoms with van der Waals surface area (Å²) in [6, 6.07) is 2.01. The van der Waals surface area contributed by atoms with E-state index in [-0.39, 0.29) is 0 Å². The van der Waals surface area contributed by atoms with E-state index in [2.05, 4.69) is 36.1 Å². The fourth-order valence-corrected chi connectivity index (χ4v) is 1.23. The molecule has 1 unspecified atom stereocenters. The van der Waals surface area contributed by atoms with Gasteiger partial charge in [0.25, 0.3) is 0 Å². The first-order chi connectivity index (χ1) is 6.71. The van der Waals surface area contributed by atoms with E-state index in [1.54, 1.807) is 0 Å². The zero-order valence-corrected chi connectivity index (χ0v) is 9.46. The summed E-state index contributed by atoms with van der Waals surface area (Å²) in [5, 5.41) is 3.07. The van der Waals surface area contributed by atoms with Crippen molar-refractivity contribution in [2.24, 2.45) is 0 Å². The first-order valence-electron chi connectivity index (χ1n) is 5.26. The maximum absolute atomic E-state index is 4.52. The number of nitrogens with one attached hydrogen (secondary N) is 1. The van der Waals surface area contributed by atoms with Crippen LogP contribution in [0, 0.1) is 0 Å². The minimum Gasteiger partial charge on any atom is -0.373 e. The molecule has 3 nitrogen and oxygen atoms in total. The van der Waals surface area contributed by atoms with E-state index in [9.17, 15) is 0 Å². The van der Waals surface area contributed by atoms with Crippen LogP contribution in [0.5, 0.6) is 0 Å². The van der Waals surface area contributed by atoms with E-state index < -0.39 is 0 Å². The van der Waals surface area contributed by atoms with Gasteiger partial charge in [0.05, 0.1) is 0 Å². The molecule has 0 aromatic carbocycles. The quantitative estimate of drug-likeness (QED) is 0.798. The van der Waals surface area contributed by atoms with Crippen LogP contribution in [0.3, 0.4) is 0 Å². The molecule has 0 saturated carbocycles. The molecule has 0 aliphatic rings. The molecule has 0 fully saturated rings. The highest BCUT2D eigenvalue weighted by atomic mass is 15.0. The van der Waals surface area contributed by atoms with Crippen LogP contribution in [0.4, 0.5) is 5.82 Å². The van der Waals surface area contributed by atoms with E-state index in [1.807, 2.05) is 13.1 Å². The largest absolute Gasteiger partial charge is 0.373 e. The number of hydrogen-bond acceptors (Lipinski definition) is 3. The molecule has 0 saturated heterocycles. The van der Waals surface area contributed by atoms with Crippen molar-refractivity contribution in [1.82, 2.24) is 9.97 Å². The minimum atomic E-state index is 0.439. The van der Waals surface area contributed by atoms with Crippen molar-refractivity contribution >= 4 is 5.82 Å². The maximum Gasteiger partial charge on any atom is 0.133 e. The molecule has 1 rings (SSSR count). The second-order valence-electron chi connectivity index (χ2n) is 3.52. The fraction of sp³-hybridized carbons (Fsp3) is 0.636. The van der Waals surface area contributed by atoms with Crippen molar-refractivity contribution < 1.29 is 0 Å². The average Bonchev–Trinajstić information content (AvgIpc) is 2.27. The molecule has 0 aliphatic heterocycles. The van der Waals surface area contributed by atoms with Crippen LogP contribution in [0.15, 0.2) is 6.07 Å². The van der Waals surface area contributed by atoms with E-state index in [1.165, 1.54) is 0 Å². The second kappa shape index (κ2) is 4.94. The van der Waals surface area contributed by atoms with Gasteiger partial charge in [-0.3, -0.25) is 0 Å². The molecule has 1 aromatic heterocycles. The Hall–Kier alpha value is -1.12. The van der Waals surface area contributed by atoms with Gasteiger partial charge in [0, 0.05) is 24.7 Å². The fourth-order valence-electron chi connectivity index (χ4n) is 1.23. The molecule has 1 heterocycles. The van der Waals surface area contributed by atoms with Crippen LogP contribution in [-0.4, -0.2) is 17.0 Å². The highest BCUT2D eigenvalue weighted by Crippen LogP contribution is 2.17. The van der Waals surface area contributed by atoms with Crippen molar-refractivity contribution in [3.05, 3.63) is 17.6 Å². The molecule has 0 radical (unpaired) electrons.